The molecule has 0 spiro atoms. The lowest BCUT2D eigenvalue weighted by Crippen LogP contribution is -2.49. The van der Waals surface area contributed by atoms with Crippen molar-refractivity contribution in [1.82, 2.24) is 24.9 Å². The van der Waals surface area contributed by atoms with Crippen molar-refractivity contribution < 1.29 is 4.79 Å². The van der Waals surface area contributed by atoms with Gasteiger partial charge < -0.3 is 15.5 Å². The SMILES string of the molecule is Cc1cc(N2CCC[C@@H](NC(=O)Nc3cn(C)nc3C(C)C)C2)n(C)n1. The number of carbonyl (C=O) groups excluding carboxylic acids is 1. The molecular weight excluding hydrogens is 330 g/mol. The molecule has 8 nitrogen and oxygen atoms in total. The summed E-state index contributed by atoms with van der Waals surface area (Å²) in [6.07, 6.45) is 3.87. The van der Waals surface area contributed by atoms with Crippen LogP contribution < -0.4 is 15.5 Å². The molecule has 26 heavy (non-hydrogen) atoms. The number of piperidine rings is 1. The third-order valence-corrected chi connectivity index (χ3v) is 4.71. The monoisotopic (exact) mass is 359 g/mol. The lowest BCUT2D eigenvalue weighted by molar-refractivity contribution is 0.246. The summed E-state index contributed by atoms with van der Waals surface area (Å²) in [5.74, 6) is 1.36. The number of aromatic nitrogens is 4. The Labute approximate surface area is 154 Å². The Morgan fingerprint density at radius 3 is 2.73 bits per heavy atom. The molecule has 2 aromatic heterocycles. The molecule has 0 radical (unpaired) electrons. The number of anilines is 2. The van der Waals surface area contributed by atoms with Crippen molar-refractivity contribution in [2.24, 2.45) is 14.1 Å². The first-order chi connectivity index (χ1) is 12.3. The Morgan fingerprint density at radius 2 is 2.08 bits per heavy atom. The molecule has 3 heterocycles. The van der Waals surface area contributed by atoms with E-state index in [0.29, 0.717) is 0 Å². The fraction of sp³-hybridized carbons (Fsp3) is 0.611. The van der Waals surface area contributed by atoms with Crippen molar-refractivity contribution in [3.05, 3.63) is 23.7 Å². The zero-order valence-electron chi connectivity index (χ0n) is 16.3. The molecule has 1 atom stereocenters. The largest absolute Gasteiger partial charge is 0.355 e. The molecule has 142 valence electrons. The number of nitrogens with one attached hydrogen (secondary N) is 2. The van der Waals surface area contributed by atoms with Gasteiger partial charge >= 0.3 is 6.03 Å². The lowest BCUT2D eigenvalue weighted by Gasteiger charge is -2.34. The highest BCUT2D eigenvalue weighted by atomic mass is 16.2. The highest BCUT2D eigenvalue weighted by Crippen LogP contribution is 2.23. The summed E-state index contributed by atoms with van der Waals surface area (Å²) < 4.78 is 3.64. The molecule has 2 amide bonds. The van der Waals surface area contributed by atoms with Gasteiger partial charge in [-0.25, -0.2) is 4.79 Å². The Bertz CT molecular complexity index is 777. The number of carbonyl (C=O) groups is 1. The first-order valence-electron chi connectivity index (χ1n) is 9.20. The van der Waals surface area contributed by atoms with Crippen LogP contribution in [0, 0.1) is 6.92 Å². The summed E-state index contributed by atoms with van der Waals surface area (Å²) in [5.41, 5.74) is 2.68. The van der Waals surface area contributed by atoms with Crippen molar-refractivity contribution in [1.29, 1.82) is 0 Å². The predicted molar refractivity (Wildman–Crippen MR) is 103 cm³/mol. The van der Waals surface area contributed by atoms with Gasteiger partial charge in [0.15, 0.2) is 0 Å². The number of aryl methyl sites for hydroxylation is 3. The fourth-order valence-corrected chi connectivity index (χ4v) is 3.57. The smallest absolute Gasteiger partial charge is 0.319 e. The molecule has 0 unspecified atom stereocenters. The molecule has 1 saturated heterocycles. The predicted octanol–water partition coefficient (Wildman–Crippen LogP) is 2.38. The Balaban J connectivity index is 1.62. The average Bonchev–Trinajstić information content (AvgIpc) is 3.09. The second kappa shape index (κ2) is 7.39. The highest BCUT2D eigenvalue weighted by molar-refractivity contribution is 5.90. The molecule has 1 aliphatic heterocycles. The van der Waals surface area contributed by atoms with E-state index in [1.807, 2.05) is 31.9 Å². The van der Waals surface area contributed by atoms with Crippen LogP contribution in [0.15, 0.2) is 12.3 Å². The quantitative estimate of drug-likeness (QED) is 0.878. The van der Waals surface area contributed by atoms with Crippen LogP contribution in [0.2, 0.25) is 0 Å². The van der Waals surface area contributed by atoms with Crippen LogP contribution in [0.4, 0.5) is 16.3 Å². The first-order valence-corrected chi connectivity index (χ1v) is 9.20. The Morgan fingerprint density at radius 1 is 1.31 bits per heavy atom. The zero-order chi connectivity index (χ0) is 18.8. The number of urea groups is 1. The van der Waals surface area contributed by atoms with Gasteiger partial charge in [0.2, 0.25) is 0 Å². The van der Waals surface area contributed by atoms with Gasteiger partial charge in [-0.2, -0.15) is 10.2 Å². The topological polar surface area (TPSA) is 80.0 Å². The van der Waals surface area contributed by atoms with Gasteiger partial charge in [-0.05, 0) is 25.7 Å². The zero-order valence-corrected chi connectivity index (χ0v) is 16.3. The second-order valence-electron chi connectivity index (χ2n) is 7.41. The number of hydrogen-bond donors (Lipinski definition) is 2. The van der Waals surface area contributed by atoms with E-state index in [-0.39, 0.29) is 18.0 Å². The van der Waals surface area contributed by atoms with Crippen LogP contribution in [0.5, 0.6) is 0 Å². The van der Waals surface area contributed by atoms with Gasteiger partial charge in [0.1, 0.15) is 5.82 Å². The third kappa shape index (κ3) is 4.00. The average molecular weight is 359 g/mol. The van der Waals surface area contributed by atoms with Gasteiger partial charge in [-0.3, -0.25) is 9.36 Å². The minimum Gasteiger partial charge on any atom is -0.355 e. The maximum atomic E-state index is 12.5. The summed E-state index contributed by atoms with van der Waals surface area (Å²) in [6, 6.07) is 2.03. The second-order valence-corrected chi connectivity index (χ2v) is 7.41. The standard InChI is InChI=1S/C18H29N7O/c1-12(2)17-15(11-23(4)22-17)20-18(26)19-14-7-6-8-25(10-14)16-9-13(3)21-24(16)5/h9,11-12,14H,6-8,10H2,1-5H3,(H2,19,20,26)/t14-/m1/s1. The lowest BCUT2D eigenvalue weighted by atomic mass is 10.1. The van der Waals surface area contributed by atoms with E-state index in [0.717, 1.165) is 48.8 Å². The number of rotatable bonds is 4. The van der Waals surface area contributed by atoms with Crippen molar-refractivity contribution in [2.75, 3.05) is 23.3 Å². The minimum absolute atomic E-state index is 0.109. The maximum Gasteiger partial charge on any atom is 0.319 e. The summed E-state index contributed by atoms with van der Waals surface area (Å²) in [5, 5.41) is 14.9. The van der Waals surface area contributed by atoms with E-state index in [1.165, 1.54) is 0 Å². The van der Waals surface area contributed by atoms with E-state index in [9.17, 15) is 4.79 Å². The normalized spacial score (nSPS) is 17.6. The van der Waals surface area contributed by atoms with Gasteiger partial charge in [-0.15, -0.1) is 0 Å². The van der Waals surface area contributed by atoms with Gasteiger partial charge in [0, 0.05) is 45.5 Å². The Hall–Kier alpha value is -2.51. The molecule has 0 saturated carbocycles. The molecule has 1 fully saturated rings. The summed E-state index contributed by atoms with van der Waals surface area (Å²) in [6.45, 7) is 7.91. The molecule has 8 heteroatoms. The van der Waals surface area contributed by atoms with Crippen molar-refractivity contribution in [3.63, 3.8) is 0 Å². The molecule has 0 aliphatic carbocycles. The Kier molecular flexibility index (Phi) is 5.20. The molecule has 0 bridgehead atoms. The van der Waals surface area contributed by atoms with E-state index >= 15 is 0 Å². The van der Waals surface area contributed by atoms with Gasteiger partial charge in [-0.1, -0.05) is 13.8 Å². The summed E-state index contributed by atoms with van der Waals surface area (Å²) in [7, 11) is 3.83. The number of hydrogen-bond acceptors (Lipinski definition) is 4. The molecule has 0 aromatic carbocycles. The maximum absolute atomic E-state index is 12.5. The fourth-order valence-electron chi connectivity index (χ4n) is 3.57. The van der Waals surface area contributed by atoms with Crippen LogP contribution in [0.25, 0.3) is 0 Å². The summed E-state index contributed by atoms with van der Waals surface area (Å²) >= 11 is 0. The molecule has 2 aromatic rings. The number of nitrogens with zero attached hydrogens (tertiary/aromatic N) is 5. The van der Waals surface area contributed by atoms with E-state index in [2.05, 4.69) is 45.6 Å². The molecule has 2 N–H and O–H groups in total. The van der Waals surface area contributed by atoms with Crippen LogP contribution >= 0.6 is 0 Å². The van der Waals surface area contributed by atoms with Crippen LogP contribution in [0.3, 0.4) is 0 Å². The van der Waals surface area contributed by atoms with E-state index < -0.39 is 0 Å². The van der Waals surface area contributed by atoms with Crippen molar-refractivity contribution in [2.45, 2.75) is 45.6 Å². The molecular formula is C18H29N7O. The molecule has 3 rings (SSSR count). The van der Waals surface area contributed by atoms with Gasteiger partial charge in [0.25, 0.3) is 0 Å². The minimum atomic E-state index is -0.173. The first kappa shape index (κ1) is 18.3. The third-order valence-electron chi connectivity index (χ3n) is 4.71. The van der Waals surface area contributed by atoms with E-state index in [1.54, 1.807) is 4.68 Å². The van der Waals surface area contributed by atoms with Crippen LogP contribution in [-0.2, 0) is 14.1 Å². The van der Waals surface area contributed by atoms with Gasteiger partial charge in [0.05, 0.1) is 17.1 Å². The van der Waals surface area contributed by atoms with Crippen LogP contribution in [0.1, 0.15) is 44.0 Å². The van der Waals surface area contributed by atoms with E-state index in [4.69, 9.17) is 0 Å². The highest BCUT2D eigenvalue weighted by Gasteiger charge is 2.24. The molecule has 1 aliphatic rings. The van der Waals surface area contributed by atoms with Crippen molar-refractivity contribution in [3.8, 4) is 0 Å². The van der Waals surface area contributed by atoms with Crippen molar-refractivity contribution >= 4 is 17.5 Å². The van der Waals surface area contributed by atoms with Crippen LogP contribution in [-0.4, -0.2) is 44.7 Å². The number of amides is 2. The summed E-state index contributed by atoms with van der Waals surface area (Å²) in [4.78, 5) is 14.8.